The zero-order valence-corrected chi connectivity index (χ0v) is 23.4. The average Bonchev–Trinajstić information content (AvgIpc) is 2.82. The minimum atomic E-state index is -1.55. The molecule has 13 nitrogen and oxygen atoms in total. The van der Waals surface area contributed by atoms with Crippen LogP contribution in [-0.4, -0.2) is 128 Å². The molecule has 17 atom stereocenters. The second kappa shape index (κ2) is 13.4. The molecule has 10 N–H and O–H groups in total. The molecule has 0 aromatic rings. The maximum Gasteiger partial charge on any atom is 0.186 e. The third-order valence-corrected chi connectivity index (χ3v) is 8.63. The lowest BCUT2D eigenvalue weighted by Gasteiger charge is -2.48. The maximum absolute atomic E-state index is 11.2. The first-order valence-corrected chi connectivity index (χ1v) is 16.6. The fourth-order valence-corrected chi connectivity index (χ4v) is 6.75. The van der Waals surface area contributed by atoms with Gasteiger partial charge in [0, 0.05) is 6.04 Å². The van der Waals surface area contributed by atoms with Crippen molar-refractivity contribution in [2.24, 2.45) is 11.7 Å². The Bertz CT molecular complexity index is 701. The van der Waals surface area contributed by atoms with Crippen LogP contribution in [0.1, 0.15) is 26.7 Å². The van der Waals surface area contributed by atoms with E-state index in [0.717, 1.165) is 0 Å². The maximum atomic E-state index is 11.2. The van der Waals surface area contributed by atoms with Gasteiger partial charge < -0.3 is 60.4 Å². The van der Waals surface area contributed by atoms with Crippen molar-refractivity contribution in [3.8, 4) is 0 Å². The average molecular weight is 578 g/mol. The summed E-state index contributed by atoms with van der Waals surface area (Å²) in [6.07, 6.45) is -14.0. The molecule has 36 heavy (non-hydrogen) atoms. The zero-order chi connectivity index (χ0) is 26.9. The summed E-state index contributed by atoms with van der Waals surface area (Å²) in [5.74, 6) is -0.300. The molecular formula is C20H41N2O11P3. The second-order valence-corrected chi connectivity index (χ2v) is 16.0. The van der Waals surface area contributed by atoms with Gasteiger partial charge in [-0.1, -0.05) is 31.7 Å². The molecule has 16 heteroatoms. The van der Waals surface area contributed by atoms with E-state index in [1.165, 1.54) is 0 Å². The van der Waals surface area contributed by atoms with Gasteiger partial charge in [0.1, 0.15) is 48.8 Å². The summed E-state index contributed by atoms with van der Waals surface area (Å²) in [5, 5.41) is 76.0. The highest BCUT2D eigenvalue weighted by molar-refractivity contribution is 8.42. The molecule has 0 spiro atoms. The summed E-state index contributed by atoms with van der Waals surface area (Å²) in [5.41, 5.74) is 6.29. The van der Waals surface area contributed by atoms with Crippen molar-refractivity contribution in [2.75, 3.05) is 6.61 Å². The molecule has 1 aliphatic carbocycles. The molecule has 2 aliphatic heterocycles. The quantitative estimate of drug-likeness (QED) is 0.132. The molecule has 2 saturated heterocycles. The first kappa shape index (κ1) is 31.3. The van der Waals surface area contributed by atoms with Gasteiger partial charge in [-0.15, -0.1) is 0 Å². The van der Waals surface area contributed by atoms with Crippen molar-refractivity contribution >= 4 is 25.3 Å². The van der Waals surface area contributed by atoms with Crippen molar-refractivity contribution in [2.45, 2.75) is 112 Å². The van der Waals surface area contributed by atoms with Gasteiger partial charge in [0.2, 0.25) is 0 Å². The lowest BCUT2D eigenvalue weighted by molar-refractivity contribution is -0.336. The highest BCUT2D eigenvalue weighted by Crippen LogP contribution is 2.49. The van der Waals surface area contributed by atoms with Crippen LogP contribution in [0.4, 0.5) is 0 Å². The summed E-state index contributed by atoms with van der Waals surface area (Å²) in [4.78, 5) is 0. The van der Waals surface area contributed by atoms with Gasteiger partial charge in [0.05, 0.1) is 24.9 Å². The van der Waals surface area contributed by atoms with Gasteiger partial charge >= 0.3 is 0 Å². The number of aliphatic hydroxyl groups excluding tert-OH is 7. The van der Waals surface area contributed by atoms with E-state index < -0.39 is 99.8 Å². The number of ether oxygens (including phenoxy) is 4. The Morgan fingerprint density at radius 2 is 1.44 bits per heavy atom. The predicted octanol–water partition coefficient (Wildman–Crippen LogP) is -2.92. The van der Waals surface area contributed by atoms with Gasteiger partial charge in [-0.3, -0.25) is 5.09 Å². The number of aliphatic hydroxyl groups is 7. The van der Waals surface area contributed by atoms with Crippen molar-refractivity contribution < 1.29 is 54.7 Å². The number of nitrogens with two attached hydrogens (primary N) is 1. The van der Waals surface area contributed by atoms with Crippen LogP contribution in [0, 0.1) is 5.92 Å². The van der Waals surface area contributed by atoms with Crippen molar-refractivity contribution in [3.05, 3.63) is 0 Å². The van der Waals surface area contributed by atoms with E-state index in [2.05, 4.69) is 22.9 Å². The van der Waals surface area contributed by atoms with E-state index in [-0.39, 0.29) is 5.92 Å². The molecule has 0 aromatic carbocycles. The Kier molecular flexibility index (Phi) is 11.7. The molecule has 3 rings (SSSR count). The van der Waals surface area contributed by atoms with Gasteiger partial charge in [-0.05, 0) is 26.2 Å². The minimum Gasteiger partial charge on any atom is -0.394 e. The Hall–Kier alpha value is 0.770. The largest absolute Gasteiger partial charge is 0.394 e. The molecule has 17 unspecified atom stereocenters. The second-order valence-electron chi connectivity index (χ2n) is 9.76. The molecule has 0 aromatic heterocycles. The number of hydrogen-bond donors (Lipinski definition) is 9. The monoisotopic (exact) mass is 578 g/mol. The Balaban J connectivity index is 1.75. The fraction of sp³-hybridized carbons (Fsp3) is 1.00. The molecule has 3 fully saturated rings. The van der Waals surface area contributed by atoms with E-state index in [4.69, 9.17) is 24.7 Å². The lowest BCUT2D eigenvalue weighted by atomic mass is 9.80. The standard InChI is InChI=1S/C20H41N2O11P3/c1-3-8-12(25)14(27)15(28)20(30-8)32-17-6(2)4-7(21)18(16(17)29)33-19-13(26)10(22-36(34)35)11(24)9(5-23)31-19/h6-20,22-29H,3-5,21,34-35H2,1-2H3. The Morgan fingerprint density at radius 1 is 0.861 bits per heavy atom. The molecule has 2 heterocycles. The van der Waals surface area contributed by atoms with Crippen LogP contribution in [-0.2, 0) is 18.9 Å². The van der Waals surface area contributed by atoms with Crippen LogP contribution in [0.15, 0.2) is 0 Å². The van der Waals surface area contributed by atoms with E-state index in [0.29, 0.717) is 12.8 Å². The summed E-state index contributed by atoms with van der Waals surface area (Å²) in [7, 11) is 4.14. The minimum absolute atomic E-state index is 0.300. The Morgan fingerprint density at radius 3 is 2.03 bits per heavy atom. The third kappa shape index (κ3) is 6.73. The summed E-state index contributed by atoms with van der Waals surface area (Å²) < 4.78 is 23.1. The number of rotatable bonds is 8. The number of hydrogen-bond acceptors (Lipinski definition) is 13. The summed E-state index contributed by atoms with van der Waals surface area (Å²) in [6, 6.07) is -1.56. The topological polar surface area (TPSA) is 217 Å². The number of nitrogens with one attached hydrogen (secondary N) is 1. The molecule has 1 saturated carbocycles. The zero-order valence-electron chi connectivity index (χ0n) is 20.2. The van der Waals surface area contributed by atoms with Crippen LogP contribution in [0.2, 0.25) is 0 Å². The SMILES string of the molecule is CCC1OC(OC2C(C)CC(N)C(OC3OC(CO)C(O)C(NP(P)P)C3O)C2O)C(O)C(O)C1O. The molecule has 0 radical (unpaired) electrons. The van der Waals surface area contributed by atoms with E-state index in [9.17, 15) is 35.7 Å². The smallest absolute Gasteiger partial charge is 0.186 e. The van der Waals surface area contributed by atoms with Crippen molar-refractivity contribution in [1.29, 1.82) is 0 Å². The van der Waals surface area contributed by atoms with Crippen LogP contribution < -0.4 is 10.8 Å². The van der Waals surface area contributed by atoms with Crippen molar-refractivity contribution in [1.82, 2.24) is 5.09 Å². The van der Waals surface area contributed by atoms with Crippen LogP contribution in [0.5, 0.6) is 0 Å². The van der Waals surface area contributed by atoms with E-state index in [1.807, 2.05) is 0 Å². The molecule has 3 aliphatic rings. The summed E-state index contributed by atoms with van der Waals surface area (Å²) >= 11 is 0. The van der Waals surface area contributed by atoms with Gasteiger partial charge in [0.15, 0.2) is 12.6 Å². The third-order valence-electron chi connectivity index (χ3n) is 7.14. The van der Waals surface area contributed by atoms with Crippen LogP contribution >= 0.6 is 25.3 Å². The predicted molar refractivity (Wildman–Crippen MR) is 136 cm³/mol. The highest BCUT2D eigenvalue weighted by atomic mass is 32.4. The van der Waals surface area contributed by atoms with Crippen molar-refractivity contribution in [3.63, 3.8) is 0 Å². The first-order chi connectivity index (χ1) is 16.9. The fourth-order valence-electron chi connectivity index (χ4n) is 5.07. The highest BCUT2D eigenvalue weighted by Gasteiger charge is 2.51. The van der Waals surface area contributed by atoms with Gasteiger partial charge in [0.25, 0.3) is 0 Å². The Labute approximate surface area is 216 Å². The molecular weight excluding hydrogens is 537 g/mol. The molecule has 0 amide bonds. The van der Waals surface area contributed by atoms with E-state index >= 15 is 0 Å². The van der Waals surface area contributed by atoms with E-state index in [1.54, 1.807) is 13.8 Å². The van der Waals surface area contributed by atoms with Gasteiger partial charge in [-0.25, -0.2) is 0 Å². The lowest BCUT2D eigenvalue weighted by Crippen LogP contribution is -2.66. The molecule has 212 valence electrons. The molecule has 0 bridgehead atoms. The summed E-state index contributed by atoms with van der Waals surface area (Å²) in [6.45, 7) is 3.03. The normalized spacial score (nSPS) is 50.4. The van der Waals surface area contributed by atoms with Gasteiger partial charge in [-0.2, -0.15) is 0 Å². The first-order valence-electron chi connectivity index (χ1n) is 12.0. The van der Waals surface area contributed by atoms with Crippen LogP contribution in [0.25, 0.3) is 0 Å². The van der Waals surface area contributed by atoms with Crippen LogP contribution in [0.3, 0.4) is 0 Å².